The number of nitrogens with zero attached hydrogens (tertiary/aromatic N) is 4. The second kappa shape index (κ2) is 5.94. The molecular weight excluding hydrogens is 324 g/mol. The van der Waals surface area contributed by atoms with Gasteiger partial charge in [-0.15, -0.1) is 11.3 Å². The first-order valence-corrected chi connectivity index (χ1v) is 9.34. The van der Waals surface area contributed by atoms with Gasteiger partial charge in [0.05, 0.1) is 5.69 Å². The van der Waals surface area contributed by atoms with Crippen molar-refractivity contribution >= 4 is 39.0 Å². The normalized spacial score (nSPS) is 11.6. The topological polar surface area (TPSA) is 43.1 Å². The number of aromatic nitrogens is 4. The largest absolute Gasteiger partial charge is 0.307 e. The fourth-order valence-corrected chi connectivity index (χ4v) is 4.45. The van der Waals surface area contributed by atoms with Crippen LogP contribution in [0.5, 0.6) is 0 Å². The van der Waals surface area contributed by atoms with Crippen molar-refractivity contribution in [3.05, 3.63) is 53.1 Å². The summed E-state index contributed by atoms with van der Waals surface area (Å²) in [6, 6.07) is 6.35. The summed E-state index contributed by atoms with van der Waals surface area (Å²) in [4.78, 5) is 16.0. The van der Waals surface area contributed by atoms with Crippen molar-refractivity contribution in [1.29, 1.82) is 0 Å². The van der Waals surface area contributed by atoms with E-state index in [1.165, 1.54) is 15.8 Å². The molecule has 116 valence electrons. The molecule has 0 atom stereocenters. The number of fused-ring (bicyclic) bond motifs is 2. The standard InChI is InChI=1S/C17H16N4S2/c1-3-13-7-14-16(18-10-19-17(14)23-13)22-9-12-8-21-6-4-5-11(2)15(21)20-12/h4-8,10H,3,9H2,1-2H3. The molecule has 23 heavy (non-hydrogen) atoms. The number of imidazole rings is 1. The highest BCUT2D eigenvalue weighted by molar-refractivity contribution is 7.98. The predicted molar refractivity (Wildman–Crippen MR) is 96.3 cm³/mol. The molecule has 0 radical (unpaired) electrons. The highest BCUT2D eigenvalue weighted by Crippen LogP contribution is 2.32. The molecule has 4 rings (SSSR count). The third-order valence-electron chi connectivity index (χ3n) is 3.78. The van der Waals surface area contributed by atoms with Gasteiger partial charge in [-0.05, 0) is 31.0 Å². The van der Waals surface area contributed by atoms with Gasteiger partial charge < -0.3 is 4.40 Å². The van der Waals surface area contributed by atoms with E-state index in [1.807, 2.05) is 12.3 Å². The zero-order chi connectivity index (χ0) is 15.8. The zero-order valence-corrected chi connectivity index (χ0v) is 14.6. The molecule has 6 heteroatoms. The smallest absolute Gasteiger partial charge is 0.139 e. The first-order valence-electron chi connectivity index (χ1n) is 7.54. The second-order valence-electron chi connectivity index (χ2n) is 5.41. The van der Waals surface area contributed by atoms with Crippen LogP contribution in [0.3, 0.4) is 0 Å². The molecule has 0 aliphatic rings. The molecule has 0 spiro atoms. The van der Waals surface area contributed by atoms with Crippen molar-refractivity contribution in [3.63, 3.8) is 0 Å². The number of hydrogen-bond donors (Lipinski definition) is 0. The summed E-state index contributed by atoms with van der Waals surface area (Å²) in [5.74, 6) is 0.810. The molecule has 4 nitrogen and oxygen atoms in total. The Balaban J connectivity index is 1.63. The number of hydrogen-bond acceptors (Lipinski definition) is 5. The van der Waals surface area contributed by atoms with Gasteiger partial charge in [-0.1, -0.05) is 24.8 Å². The lowest BCUT2D eigenvalue weighted by Crippen LogP contribution is -1.85. The maximum atomic E-state index is 4.73. The van der Waals surface area contributed by atoms with Crippen molar-refractivity contribution in [2.45, 2.75) is 31.0 Å². The average Bonchev–Trinajstić information content (AvgIpc) is 3.17. The Morgan fingerprint density at radius 2 is 2.22 bits per heavy atom. The van der Waals surface area contributed by atoms with E-state index < -0.39 is 0 Å². The molecule has 0 N–H and O–H groups in total. The Morgan fingerprint density at radius 1 is 1.30 bits per heavy atom. The van der Waals surface area contributed by atoms with Gasteiger partial charge in [0.2, 0.25) is 0 Å². The molecular formula is C17H16N4S2. The van der Waals surface area contributed by atoms with Crippen LogP contribution in [-0.2, 0) is 12.2 Å². The van der Waals surface area contributed by atoms with Crippen LogP contribution in [0.1, 0.15) is 23.1 Å². The molecule has 0 saturated carbocycles. The van der Waals surface area contributed by atoms with Crippen molar-refractivity contribution in [2.75, 3.05) is 0 Å². The third kappa shape index (κ3) is 2.72. The van der Waals surface area contributed by atoms with Crippen LogP contribution in [0, 0.1) is 6.92 Å². The maximum absolute atomic E-state index is 4.73. The SMILES string of the molecule is CCc1cc2c(SCc3cn4cccc(C)c4n3)ncnc2s1. The van der Waals surface area contributed by atoms with E-state index in [4.69, 9.17) is 4.98 Å². The van der Waals surface area contributed by atoms with Gasteiger partial charge in [-0.2, -0.15) is 0 Å². The Bertz CT molecular complexity index is 987. The first kappa shape index (κ1) is 14.7. The molecule has 4 aromatic rings. The van der Waals surface area contributed by atoms with Crippen molar-refractivity contribution in [3.8, 4) is 0 Å². The van der Waals surface area contributed by atoms with E-state index in [0.29, 0.717) is 0 Å². The van der Waals surface area contributed by atoms with Gasteiger partial charge in [-0.25, -0.2) is 15.0 Å². The summed E-state index contributed by atoms with van der Waals surface area (Å²) in [7, 11) is 0. The minimum absolute atomic E-state index is 0.810. The van der Waals surface area contributed by atoms with Crippen LogP contribution in [-0.4, -0.2) is 19.4 Å². The summed E-state index contributed by atoms with van der Waals surface area (Å²) in [6.45, 7) is 4.26. The number of rotatable bonds is 4. The quantitative estimate of drug-likeness (QED) is 0.405. The summed E-state index contributed by atoms with van der Waals surface area (Å²) >= 11 is 3.48. The third-order valence-corrected chi connectivity index (χ3v) is 6.00. The molecule has 0 aliphatic carbocycles. The Hall–Kier alpha value is -1.92. The molecule has 4 aromatic heterocycles. The second-order valence-corrected chi connectivity index (χ2v) is 7.49. The van der Waals surface area contributed by atoms with E-state index in [-0.39, 0.29) is 0 Å². The number of pyridine rings is 1. The Morgan fingerprint density at radius 3 is 3.04 bits per heavy atom. The van der Waals surface area contributed by atoms with Gasteiger partial charge in [0.25, 0.3) is 0 Å². The lowest BCUT2D eigenvalue weighted by molar-refractivity contribution is 1.10. The zero-order valence-electron chi connectivity index (χ0n) is 13.0. The monoisotopic (exact) mass is 340 g/mol. The highest BCUT2D eigenvalue weighted by atomic mass is 32.2. The molecule has 0 amide bonds. The summed E-state index contributed by atoms with van der Waals surface area (Å²) in [5, 5.41) is 2.21. The van der Waals surface area contributed by atoms with Crippen LogP contribution < -0.4 is 0 Å². The van der Waals surface area contributed by atoms with E-state index in [9.17, 15) is 0 Å². The number of thiophene rings is 1. The molecule has 0 unspecified atom stereocenters. The van der Waals surface area contributed by atoms with Gasteiger partial charge in [-0.3, -0.25) is 0 Å². The molecule has 0 saturated heterocycles. The van der Waals surface area contributed by atoms with Gasteiger partial charge in [0, 0.05) is 28.4 Å². The molecule has 0 aliphatic heterocycles. The fraction of sp³-hybridized carbons (Fsp3) is 0.235. The van der Waals surface area contributed by atoms with Crippen LogP contribution in [0.2, 0.25) is 0 Å². The van der Waals surface area contributed by atoms with Crippen LogP contribution in [0.25, 0.3) is 15.9 Å². The van der Waals surface area contributed by atoms with Crippen molar-refractivity contribution in [2.24, 2.45) is 0 Å². The Labute approximate surface area is 142 Å². The van der Waals surface area contributed by atoms with Crippen molar-refractivity contribution < 1.29 is 0 Å². The molecule has 0 fully saturated rings. The summed E-state index contributed by atoms with van der Waals surface area (Å²) in [5.41, 5.74) is 3.29. The van der Waals surface area contributed by atoms with Crippen molar-refractivity contribution in [1.82, 2.24) is 19.4 Å². The maximum Gasteiger partial charge on any atom is 0.139 e. The minimum Gasteiger partial charge on any atom is -0.307 e. The van der Waals surface area contributed by atoms with E-state index in [1.54, 1.807) is 29.4 Å². The highest BCUT2D eigenvalue weighted by Gasteiger charge is 2.10. The first-order chi connectivity index (χ1) is 11.2. The lowest BCUT2D eigenvalue weighted by atomic mass is 10.3. The molecule has 4 heterocycles. The average molecular weight is 340 g/mol. The van der Waals surface area contributed by atoms with Crippen LogP contribution in [0.4, 0.5) is 0 Å². The lowest BCUT2D eigenvalue weighted by Gasteiger charge is -1.99. The number of aryl methyl sites for hydroxylation is 2. The van der Waals surface area contributed by atoms with Gasteiger partial charge in [0.15, 0.2) is 0 Å². The minimum atomic E-state index is 0.810. The van der Waals surface area contributed by atoms with E-state index >= 15 is 0 Å². The number of thioether (sulfide) groups is 1. The molecule has 0 bridgehead atoms. The van der Waals surface area contributed by atoms with Gasteiger partial charge >= 0.3 is 0 Å². The Kier molecular flexibility index (Phi) is 3.79. The van der Waals surface area contributed by atoms with Gasteiger partial charge in [0.1, 0.15) is 21.8 Å². The fourth-order valence-electron chi connectivity index (χ4n) is 2.59. The van der Waals surface area contributed by atoms with E-state index in [0.717, 1.165) is 33.4 Å². The van der Waals surface area contributed by atoms with Crippen LogP contribution in [0.15, 0.2) is 41.9 Å². The summed E-state index contributed by atoms with van der Waals surface area (Å²) in [6.07, 6.45) is 6.84. The van der Waals surface area contributed by atoms with E-state index in [2.05, 4.69) is 46.5 Å². The van der Waals surface area contributed by atoms with Crippen LogP contribution >= 0.6 is 23.1 Å². The predicted octanol–water partition coefficient (Wildman–Crippen LogP) is 4.50. The molecule has 0 aromatic carbocycles. The summed E-state index contributed by atoms with van der Waals surface area (Å²) < 4.78 is 2.08.